The molecule has 1 aromatic heterocycles. The Hall–Kier alpha value is -1.73. The maximum Gasteiger partial charge on any atom is 0.407 e. The van der Waals surface area contributed by atoms with E-state index in [1.807, 2.05) is 33.8 Å². The first-order valence-corrected chi connectivity index (χ1v) is 8.26. The molecule has 1 unspecified atom stereocenters. The largest absolute Gasteiger partial charge is 0.444 e. The van der Waals surface area contributed by atoms with Gasteiger partial charge in [0.25, 0.3) is 0 Å². The third kappa shape index (κ3) is 6.50. The van der Waals surface area contributed by atoms with Crippen LogP contribution in [0.5, 0.6) is 0 Å². The Bertz CT molecular complexity index is 637. The Balaban J connectivity index is 1.91. The van der Waals surface area contributed by atoms with Crippen LogP contribution in [0.4, 0.5) is 4.79 Å². The molecule has 0 spiro atoms. The lowest BCUT2D eigenvalue weighted by Gasteiger charge is -2.22. The number of aromatic nitrogens is 1. The summed E-state index contributed by atoms with van der Waals surface area (Å²) in [6, 6.07) is 1.71. The van der Waals surface area contributed by atoms with Gasteiger partial charge >= 0.3 is 6.09 Å². The normalized spacial score (nSPS) is 15.3. The average Bonchev–Trinajstić information content (AvgIpc) is 3.20. The van der Waals surface area contributed by atoms with Crippen LogP contribution in [0.3, 0.4) is 0 Å². The molecule has 1 atom stereocenters. The molecule has 0 aromatic carbocycles. The highest BCUT2D eigenvalue weighted by Crippen LogP contribution is 2.27. The smallest absolute Gasteiger partial charge is 0.407 e. The maximum absolute atomic E-state index is 11.7. The predicted molar refractivity (Wildman–Crippen MR) is 91.4 cm³/mol. The summed E-state index contributed by atoms with van der Waals surface area (Å²) in [5, 5.41) is 3.36. The van der Waals surface area contributed by atoms with Gasteiger partial charge in [-0.2, -0.15) is 0 Å². The SMILES string of the molecule is CC(Cc1ncc(C#CC2CC2)cc1Cl)NC(=O)OC(C)(C)C. The van der Waals surface area contributed by atoms with Crippen LogP contribution in [-0.4, -0.2) is 22.7 Å². The van der Waals surface area contributed by atoms with Crippen molar-refractivity contribution in [2.24, 2.45) is 5.92 Å². The third-order valence-electron chi connectivity index (χ3n) is 3.18. The van der Waals surface area contributed by atoms with Gasteiger partial charge in [-0.05, 0) is 46.6 Å². The third-order valence-corrected chi connectivity index (χ3v) is 3.51. The van der Waals surface area contributed by atoms with Crippen LogP contribution < -0.4 is 5.32 Å². The molecular weight excluding hydrogens is 312 g/mol. The van der Waals surface area contributed by atoms with Gasteiger partial charge in [-0.1, -0.05) is 23.4 Å². The van der Waals surface area contributed by atoms with Crippen LogP contribution in [0.15, 0.2) is 12.3 Å². The zero-order valence-electron chi connectivity index (χ0n) is 14.1. The van der Waals surface area contributed by atoms with E-state index in [2.05, 4.69) is 22.1 Å². The first kappa shape index (κ1) is 17.6. The second kappa shape index (κ2) is 7.23. The number of halogens is 1. The number of amides is 1. The van der Waals surface area contributed by atoms with Crippen molar-refractivity contribution in [3.05, 3.63) is 28.5 Å². The molecule has 0 aliphatic heterocycles. The lowest BCUT2D eigenvalue weighted by molar-refractivity contribution is 0.0508. The Labute approximate surface area is 143 Å². The minimum atomic E-state index is -0.512. The van der Waals surface area contributed by atoms with Crippen molar-refractivity contribution in [1.82, 2.24) is 10.3 Å². The van der Waals surface area contributed by atoms with Crippen molar-refractivity contribution in [1.29, 1.82) is 0 Å². The molecule has 2 rings (SSSR count). The molecule has 1 aliphatic rings. The molecule has 1 aliphatic carbocycles. The van der Waals surface area contributed by atoms with Gasteiger partial charge in [-0.3, -0.25) is 4.98 Å². The summed E-state index contributed by atoms with van der Waals surface area (Å²) in [5.41, 5.74) is 1.06. The summed E-state index contributed by atoms with van der Waals surface area (Å²) in [7, 11) is 0. The molecule has 1 saturated carbocycles. The van der Waals surface area contributed by atoms with Crippen molar-refractivity contribution in [3.63, 3.8) is 0 Å². The lowest BCUT2D eigenvalue weighted by atomic mass is 10.1. The van der Waals surface area contributed by atoms with E-state index in [0.29, 0.717) is 17.4 Å². The van der Waals surface area contributed by atoms with Crippen molar-refractivity contribution in [2.45, 2.75) is 58.6 Å². The molecule has 124 valence electrons. The van der Waals surface area contributed by atoms with Crippen LogP contribution in [0.2, 0.25) is 5.02 Å². The summed E-state index contributed by atoms with van der Waals surface area (Å²) in [6.07, 6.45) is 4.22. The fourth-order valence-electron chi connectivity index (χ4n) is 1.95. The average molecular weight is 335 g/mol. The Morgan fingerprint density at radius 3 is 2.78 bits per heavy atom. The second-order valence-electron chi connectivity index (χ2n) is 6.95. The molecule has 1 aromatic rings. The highest BCUT2D eigenvalue weighted by atomic mass is 35.5. The number of hydrogen-bond donors (Lipinski definition) is 1. The second-order valence-corrected chi connectivity index (χ2v) is 7.35. The van der Waals surface area contributed by atoms with E-state index in [-0.39, 0.29) is 6.04 Å². The van der Waals surface area contributed by atoms with Crippen molar-refractivity contribution < 1.29 is 9.53 Å². The number of nitrogens with one attached hydrogen (secondary N) is 1. The highest BCUT2D eigenvalue weighted by Gasteiger charge is 2.19. The van der Waals surface area contributed by atoms with E-state index in [4.69, 9.17) is 16.3 Å². The van der Waals surface area contributed by atoms with Crippen LogP contribution in [0.25, 0.3) is 0 Å². The van der Waals surface area contributed by atoms with Gasteiger partial charge in [0, 0.05) is 30.1 Å². The molecule has 5 heteroatoms. The summed E-state index contributed by atoms with van der Waals surface area (Å²) in [4.78, 5) is 16.1. The summed E-state index contributed by atoms with van der Waals surface area (Å²) in [5.74, 6) is 6.83. The van der Waals surface area contributed by atoms with Gasteiger partial charge in [0.15, 0.2) is 0 Å². The summed E-state index contributed by atoms with van der Waals surface area (Å²) in [6.45, 7) is 7.38. The van der Waals surface area contributed by atoms with E-state index in [1.54, 1.807) is 6.20 Å². The molecule has 0 bridgehead atoms. The monoisotopic (exact) mass is 334 g/mol. The minimum Gasteiger partial charge on any atom is -0.444 e. The zero-order chi connectivity index (χ0) is 17.0. The predicted octanol–water partition coefficient (Wildman–Crippen LogP) is 3.95. The van der Waals surface area contributed by atoms with Gasteiger partial charge in [-0.25, -0.2) is 4.79 Å². The van der Waals surface area contributed by atoms with Gasteiger partial charge < -0.3 is 10.1 Å². The first-order valence-electron chi connectivity index (χ1n) is 7.88. The number of carbonyl (C=O) groups excluding carboxylic acids is 1. The molecule has 0 saturated heterocycles. The van der Waals surface area contributed by atoms with Crippen LogP contribution >= 0.6 is 11.6 Å². The molecule has 23 heavy (non-hydrogen) atoms. The Kier molecular flexibility index (Phi) is 5.54. The van der Waals surface area contributed by atoms with E-state index in [9.17, 15) is 4.79 Å². The standard InChI is InChI=1S/C18H23ClN2O2/c1-12(21-17(22)23-18(2,3)4)9-16-15(19)10-14(11-20-16)8-7-13-5-6-13/h10-13H,5-6,9H2,1-4H3,(H,21,22). The summed E-state index contributed by atoms with van der Waals surface area (Å²) >= 11 is 6.27. The summed E-state index contributed by atoms with van der Waals surface area (Å²) < 4.78 is 5.23. The highest BCUT2D eigenvalue weighted by molar-refractivity contribution is 6.31. The molecule has 1 heterocycles. The van der Waals surface area contributed by atoms with Crippen molar-refractivity contribution in [2.75, 3.05) is 0 Å². The fraction of sp³-hybridized carbons (Fsp3) is 0.556. The quantitative estimate of drug-likeness (QED) is 0.851. The number of nitrogens with zero attached hydrogens (tertiary/aromatic N) is 1. The fourth-order valence-corrected chi connectivity index (χ4v) is 2.19. The molecule has 1 N–H and O–H groups in total. The topological polar surface area (TPSA) is 51.2 Å². The number of hydrogen-bond acceptors (Lipinski definition) is 3. The number of pyridine rings is 1. The van der Waals surface area contributed by atoms with E-state index < -0.39 is 11.7 Å². The molecular formula is C18H23ClN2O2. The van der Waals surface area contributed by atoms with Crippen molar-refractivity contribution >= 4 is 17.7 Å². The first-order chi connectivity index (χ1) is 10.7. The molecule has 4 nitrogen and oxygen atoms in total. The number of rotatable bonds is 3. The van der Waals surface area contributed by atoms with Gasteiger partial charge in [0.1, 0.15) is 5.60 Å². The van der Waals surface area contributed by atoms with Crippen LogP contribution in [0, 0.1) is 17.8 Å². The van der Waals surface area contributed by atoms with E-state index in [1.165, 1.54) is 12.8 Å². The van der Waals surface area contributed by atoms with Gasteiger partial charge in [0.2, 0.25) is 0 Å². The van der Waals surface area contributed by atoms with Crippen LogP contribution in [-0.2, 0) is 11.2 Å². The lowest BCUT2D eigenvalue weighted by Crippen LogP contribution is -2.38. The van der Waals surface area contributed by atoms with Gasteiger partial charge in [-0.15, -0.1) is 0 Å². The van der Waals surface area contributed by atoms with E-state index >= 15 is 0 Å². The van der Waals surface area contributed by atoms with Crippen molar-refractivity contribution in [3.8, 4) is 11.8 Å². The number of ether oxygens (including phenoxy) is 1. The maximum atomic E-state index is 11.7. The Morgan fingerprint density at radius 2 is 2.22 bits per heavy atom. The number of alkyl carbamates (subject to hydrolysis) is 1. The molecule has 1 amide bonds. The van der Waals surface area contributed by atoms with Gasteiger partial charge in [0.05, 0.1) is 10.7 Å². The van der Waals surface area contributed by atoms with Crippen LogP contribution in [0.1, 0.15) is 51.8 Å². The number of carbonyl (C=O) groups is 1. The minimum absolute atomic E-state index is 0.127. The van der Waals surface area contributed by atoms with E-state index in [0.717, 1.165) is 11.3 Å². The molecule has 0 radical (unpaired) electrons. The zero-order valence-corrected chi connectivity index (χ0v) is 14.8. The Morgan fingerprint density at radius 1 is 1.52 bits per heavy atom. The molecule has 1 fully saturated rings.